The lowest BCUT2D eigenvalue weighted by Gasteiger charge is -2.30. The normalized spacial score (nSPS) is 33.8. The summed E-state index contributed by atoms with van der Waals surface area (Å²) < 4.78 is 0. The Balaban J connectivity index is 2.15. The van der Waals surface area contributed by atoms with Gasteiger partial charge in [0.15, 0.2) is 0 Å². The zero-order valence-corrected chi connectivity index (χ0v) is 7.12. The van der Waals surface area contributed by atoms with Gasteiger partial charge in [-0.25, -0.2) is 0 Å². The number of aromatic nitrogens is 3. The van der Waals surface area contributed by atoms with Gasteiger partial charge < -0.3 is 0 Å². The van der Waals surface area contributed by atoms with Gasteiger partial charge in [-0.3, -0.25) is 10.00 Å². The molecule has 0 amide bonds. The third kappa shape index (κ3) is 0.617. The van der Waals surface area contributed by atoms with Gasteiger partial charge in [0.2, 0.25) is 0 Å². The first-order valence-electron chi connectivity index (χ1n) is 4.50. The van der Waals surface area contributed by atoms with Gasteiger partial charge in [0.1, 0.15) is 5.69 Å². The largest absolute Gasteiger partial charge is 0.289 e. The number of aromatic amines is 1. The van der Waals surface area contributed by atoms with Gasteiger partial charge in [-0.15, -0.1) is 5.10 Å². The number of fused-ring (bicyclic) bond motifs is 5. The molecule has 4 nitrogen and oxygen atoms in total. The van der Waals surface area contributed by atoms with E-state index in [4.69, 9.17) is 0 Å². The molecular weight excluding hydrogens is 152 g/mol. The molecule has 2 atom stereocenters. The van der Waals surface area contributed by atoms with Gasteiger partial charge in [0, 0.05) is 0 Å². The number of hydrogen-bond donors (Lipinski definition) is 1. The molecule has 12 heavy (non-hydrogen) atoms. The minimum atomic E-state index is 0.539. The van der Waals surface area contributed by atoms with E-state index in [1.165, 1.54) is 30.7 Å². The molecule has 0 radical (unpaired) electrons. The SMILES string of the molecule is CN1C2CCCC1c1[nH]nnc12. The fourth-order valence-electron chi connectivity index (χ4n) is 2.54. The zero-order valence-electron chi connectivity index (χ0n) is 7.12. The number of piperidine rings is 1. The summed E-state index contributed by atoms with van der Waals surface area (Å²) in [7, 11) is 2.18. The van der Waals surface area contributed by atoms with Gasteiger partial charge >= 0.3 is 0 Å². The van der Waals surface area contributed by atoms with Crippen molar-refractivity contribution >= 4 is 0 Å². The molecule has 2 aliphatic rings. The highest BCUT2D eigenvalue weighted by Crippen LogP contribution is 2.47. The summed E-state index contributed by atoms with van der Waals surface area (Å²) in [5, 5.41) is 11.0. The van der Waals surface area contributed by atoms with Crippen LogP contribution < -0.4 is 0 Å². The minimum Gasteiger partial charge on any atom is -0.289 e. The van der Waals surface area contributed by atoms with E-state index < -0.39 is 0 Å². The Labute approximate surface area is 71.0 Å². The summed E-state index contributed by atoms with van der Waals surface area (Å²) in [6.07, 6.45) is 3.82. The maximum atomic E-state index is 4.14. The molecule has 0 spiro atoms. The van der Waals surface area contributed by atoms with Crippen LogP contribution in [0.2, 0.25) is 0 Å². The molecule has 2 aliphatic heterocycles. The van der Waals surface area contributed by atoms with Crippen molar-refractivity contribution < 1.29 is 0 Å². The maximum Gasteiger partial charge on any atom is 0.104 e. The average Bonchev–Trinajstić information content (AvgIpc) is 2.57. The molecule has 4 heteroatoms. The van der Waals surface area contributed by atoms with Crippen LogP contribution in [0.15, 0.2) is 0 Å². The Morgan fingerprint density at radius 3 is 3.17 bits per heavy atom. The monoisotopic (exact) mass is 164 g/mol. The molecule has 0 saturated carbocycles. The van der Waals surface area contributed by atoms with E-state index in [9.17, 15) is 0 Å². The van der Waals surface area contributed by atoms with Gasteiger partial charge in [0.25, 0.3) is 0 Å². The fraction of sp³-hybridized carbons (Fsp3) is 0.750. The maximum absolute atomic E-state index is 4.14. The molecule has 0 aliphatic carbocycles. The van der Waals surface area contributed by atoms with Crippen molar-refractivity contribution in [2.75, 3.05) is 7.05 Å². The number of rotatable bonds is 0. The molecule has 3 rings (SSSR count). The van der Waals surface area contributed by atoms with Gasteiger partial charge in [-0.2, -0.15) is 0 Å². The number of nitrogens with one attached hydrogen (secondary N) is 1. The Kier molecular flexibility index (Phi) is 1.14. The molecule has 0 aromatic carbocycles. The first kappa shape index (κ1) is 6.60. The van der Waals surface area contributed by atoms with Crippen LogP contribution >= 0.6 is 0 Å². The second-order valence-corrected chi connectivity index (χ2v) is 3.74. The van der Waals surface area contributed by atoms with Crippen LogP contribution in [0.1, 0.15) is 42.7 Å². The Morgan fingerprint density at radius 2 is 2.25 bits per heavy atom. The number of nitrogens with zero attached hydrogens (tertiary/aromatic N) is 3. The smallest absolute Gasteiger partial charge is 0.104 e. The minimum absolute atomic E-state index is 0.539. The van der Waals surface area contributed by atoms with Crippen LogP contribution in [0.25, 0.3) is 0 Å². The molecule has 2 unspecified atom stereocenters. The van der Waals surface area contributed by atoms with Crippen LogP contribution in [-0.4, -0.2) is 27.4 Å². The molecule has 3 heterocycles. The summed E-state index contributed by atoms with van der Waals surface area (Å²) >= 11 is 0. The number of H-pyrrole nitrogens is 1. The van der Waals surface area contributed by atoms with Crippen molar-refractivity contribution in [3.8, 4) is 0 Å². The molecule has 64 valence electrons. The Morgan fingerprint density at radius 1 is 1.42 bits per heavy atom. The average molecular weight is 164 g/mol. The highest BCUT2D eigenvalue weighted by Gasteiger charge is 2.41. The van der Waals surface area contributed by atoms with E-state index in [1.807, 2.05) is 0 Å². The van der Waals surface area contributed by atoms with E-state index in [0.717, 1.165) is 0 Å². The van der Waals surface area contributed by atoms with Crippen molar-refractivity contribution in [2.45, 2.75) is 31.3 Å². The summed E-state index contributed by atoms with van der Waals surface area (Å²) in [6, 6.07) is 1.10. The topological polar surface area (TPSA) is 44.8 Å². The van der Waals surface area contributed by atoms with Crippen molar-refractivity contribution in [3.63, 3.8) is 0 Å². The zero-order chi connectivity index (χ0) is 8.13. The Hall–Kier alpha value is -0.900. The van der Waals surface area contributed by atoms with E-state index in [0.29, 0.717) is 12.1 Å². The summed E-state index contributed by atoms with van der Waals surface area (Å²) in [5.74, 6) is 0. The Bertz CT molecular complexity index is 279. The molecule has 1 N–H and O–H groups in total. The first-order chi connectivity index (χ1) is 5.88. The van der Waals surface area contributed by atoms with Gasteiger partial charge in [0.05, 0.1) is 17.8 Å². The standard InChI is InChI=1S/C8H12N4/c1-12-5-3-2-4-6(12)8-7(5)9-11-10-8/h5-6H,2-4H2,1H3,(H,9,10,11). The fourth-order valence-corrected chi connectivity index (χ4v) is 2.54. The third-order valence-electron chi connectivity index (χ3n) is 3.19. The summed E-state index contributed by atoms with van der Waals surface area (Å²) in [6.45, 7) is 0. The van der Waals surface area contributed by atoms with Crippen molar-refractivity contribution in [1.29, 1.82) is 0 Å². The van der Waals surface area contributed by atoms with E-state index >= 15 is 0 Å². The first-order valence-corrected chi connectivity index (χ1v) is 4.50. The second kappa shape index (κ2) is 2.07. The molecular formula is C8H12N4. The molecule has 2 bridgehead atoms. The lowest BCUT2D eigenvalue weighted by Crippen LogP contribution is -2.26. The van der Waals surface area contributed by atoms with Crippen molar-refractivity contribution in [2.24, 2.45) is 0 Å². The summed E-state index contributed by atoms with van der Waals surface area (Å²) in [5.41, 5.74) is 2.46. The van der Waals surface area contributed by atoms with Gasteiger partial charge in [-0.05, 0) is 26.3 Å². The van der Waals surface area contributed by atoms with Crippen LogP contribution in [-0.2, 0) is 0 Å². The molecule has 1 fully saturated rings. The van der Waals surface area contributed by atoms with Crippen LogP contribution in [0.3, 0.4) is 0 Å². The van der Waals surface area contributed by atoms with E-state index in [1.54, 1.807) is 0 Å². The highest BCUT2D eigenvalue weighted by atomic mass is 15.4. The van der Waals surface area contributed by atoms with Crippen LogP contribution in [0.5, 0.6) is 0 Å². The lowest BCUT2D eigenvalue weighted by atomic mass is 10.0. The van der Waals surface area contributed by atoms with Gasteiger partial charge in [-0.1, -0.05) is 5.21 Å². The third-order valence-corrected chi connectivity index (χ3v) is 3.19. The lowest BCUT2D eigenvalue weighted by molar-refractivity contribution is 0.139. The number of hydrogen-bond acceptors (Lipinski definition) is 3. The van der Waals surface area contributed by atoms with Crippen molar-refractivity contribution in [3.05, 3.63) is 11.4 Å². The van der Waals surface area contributed by atoms with E-state index in [2.05, 4.69) is 27.4 Å². The second-order valence-electron chi connectivity index (χ2n) is 3.74. The predicted octanol–water partition coefficient (Wildman–Crippen LogP) is 1.02. The molecule has 1 saturated heterocycles. The predicted molar refractivity (Wildman–Crippen MR) is 43.5 cm³/mol. The van der Waals surface area contributed by atoms with Crippen LogP contribution in [0.4, 0.5) is 0 Å². The highest BCUT2D eigenvalue weighted by molar-refractivity contribution is 5.25. The van der Waals surface area contributed by atoms with E-state index in [-0.39, 0.29) is 0 Å². The van der Waals surface area contributed by atoms with Crippen LogP contribution in [0, 0.1) is 0 Å². The summed E-state index contributed by atoms with van der Waals surface area (Å²) in [4.78, 5) is 2.42. The quantitative estimate of drug-likeness (QED) is 0.622. The molecule has 1 aromatic heterocycles. The van der Waals surface area contributed by atoms with Crippen molar-refractivity contribution in [1.82, 2.24) is 20.3 Å². The molecule has 1 aromatic rings.